The minimum absolute atomic E-state index is 0.649. The van der Waals surface area contributed by atoms with Crippen LogP contribution in [0.5, 0.6) is 0 Å². The number of hydrogen-bond donors (Lipinski definition) is 0. The van der Waals surface area contributed by atoms with Crippen molar-refractivity contribution in [2.45, 2.75) is 16.7 Å². The molecular formula is C16H20N2S2. The minimum Gasteiger partial charge on any atom is -0.304 e. The van der Waals surface area contributed by atoms with E-state index >= 15 is 0 Å². The first kappa shape index (κ1) is 13.1. The van der Waals surface area contributed by atoms with Gasteiger partial charge in [-0.05, 0) is 24.9 Å². The normalized spacial score (nSPS) is 24.9. The van der Waals surface area contributed by atoms with Gasteiger partial charge in [0.05, 0.1) is 4.21 Å². The van der Waals surface area contributed by atoms with Gasteiger partial charge in [-0.2, -0.15) is 0 Å². The predicted molar refractivity (Wildman–Crippen MR) is 89.0 cm³/mol. The zero-order valence-corrected chi connectivity index (χ0v) is 13.5. The van der Waals surface area contributed by atoms with Gasteiger partial charge in [-0.25, -0.2) is 0 Å². The highest BCUT2D eigenvalue weighted by Gasteiger charge is 2.31. The van der Waals surface area contributed by atoms with Crippen LogP contribution >= 0.6 is 23.1 Å². The lowest BCUT2D eigenvalue weighted by Crippen LogP contribution is -2.46. The number of rotatable bonds is 1. The van der Waals surface area contributed by atoms with Gasteiger partial charge in [0.25, 0.3) is 0 Å². The van der Waals surface area contributed by atoms with Crippen LogP contribution in [-0.4, -0.2) is 48.8 Å². The number of thioether (sulfide) groups is 1. The zero-order valence-electron chi connectivity index (χ0n) is 11.8. The maximum Gasteiger partial charge on any atom is 0.0659 e. The van der Waals surface area contributed by atoms with Gasteiger partial charge in [0.2, 0.25) is 0 Å². The Morgan fingerprint density at radius 1 is 1.10 bits per heavy atom. The average Bonchev–Trinajstić information content (AvgIpc) is 2.86. The minimum atomic E-state index is 0.649. The van der Waals surface area contributed by atoms with Gasteiger partial charge in [0.15, 0.2) is 0 Å². The van der Waals surface area contributed by atoms with E-state index in [9.17, 15) is 0 Å². The predicted octanol–water partition coefficient (Wildman–Crippen LogP) is 3.69. The molecule has 106 valence electrons. The summed E-state index contributed by atoms with van der Waals surface area (Å²) in [5, 5.41) is 1.50. The van der Waals surface area contributed by atoms with Gasteiger partial charge in [-0.1, -0.05) is 18.2 Å². The van der Waals surface area contributed by atoms with Crippen LogP contribution in [0.4, 0.5) is 0 Å². The molecule has 2 aliphatic rings. The lowest BCUT2D eigenvalue weighted by atomic mass is 10.0. The van der Waals surface area contributed by atoms with Gasteiger partial charge in [-0.15, -0.1) is 23.1 Å². The quantitative estimate of drug-likeness (QED) is 0.793. The molecule has 2 nitrogen and oxygen atoms in total. The molecule has 0 spiro atoms. The molecule has 1 aromatic carbocycles. The molecule has 4 heteroatoms. The van der Waals surface area contributed by atoms with Crippen molar-refractivity contribution in [3.05, 3.63) is 29.8 Å². The lowest BCUT2D eigenvalue weighted by Gasteiger charge is -2.39. The monoisotopic (exact) mass is 304 g/mol. The third kappa shape index (κ3) is 2.19. The summed E-state index contributed by atoms with van der Waals surface area (Å²) in [4.78, 5) is 5.17. The molecule has 20 heavy (non-hydrogen) atoms. The van der Waals surface area contributed by atoms with Crippen LogP contribution in [-0.2, 0) is 0 Å². The molecular weight excluding hydrogens is 284 g/mol. The second-order valence-corrected chi connectivity index (χ2v) is 8.21. The van der Waals surface area contributed by atoms with Crippen molar-refractivity contribution in [3.8, 4) is 0 Å². The van der Waals surface area contributed by atoms with Crippen LogP contribution < -0.4 is 0 Å². The fourth-order valence-electron chi connectivity index (χ4n) is 3.37. The van der Waals surface area contributed by atoms with Crippen LogP contribution in [0.15, 0.2) is 28.5 Å². The first-order valence-corrected chi connectivity index (χ1v) is 9.20. The summed E-state index contributed by atoms with van der Waals surface area (Å²) in [7, 11) is 2.24. The Bertz CT molecular complexity index is 614. The Labute approximate surface area is 128 Å². The molecule has 1 fully saturated rings. The van der Waals surface area contributed by atoms with E-state index in [2.05, 4.69) is 52.9 Å². The SMILES string of the molecule is CN1CCN(C2CCSc3sc4ccccc4c32)CC1. The van der Waals surface area contributed by atoms with E-state index in [0.717, 1.165) is 0 Å². The van der Waals surface area contributed by atoms with Crippen LogP contribution in [0.1, 0.15) is 18.0 Å². The van der Waals surface area contributed by atoms with Gasteiger partial charge >= 0.3 is 0 Å². The number of thiophene rings is 1. The van der Waals surface area contributed by atoms with Gasteiger partial charge in [0, 0.05) is 48.2 Å². The van der Waals surface area contributed by atoms with Crippen molar-refractivity contribution < 1.29 is 0 Å². The average molecular weight is 304 g/mol. The summed E-state index contributed by atoms with van der Waals surface area (Å²) in [5.41, 5.74) is 1.63. The molecule has 0 saturated carbocycles. The van der Waals surface area contributed by atoms with E-state index in [4.69, 9.17) is 0 Å². The van der Waals surface area contributed by atoms with E-state index < -0.39 is 0 Å². The van der Waals surface area contributed by atoms with Crippen molar-refractivity contribution in [1.82, 2.24) is 9.80 Å². The standard InChI is InChI=1S/C16H20N2S2/c1-17-7-9-18(10-8-17)13-6-11-19-16-15(13)12-4-2-3-5-14(12)20-16/h2-5,13H,6-11H2,1H3. The van der Waals surface area contributed by atoms with Gasteiger partial charge in [-0.3, -0.25) is 4.90 Å². The van der Waals surface area contributed by atoms with Crippen molar-refractivity contribution in [2.24, 2.45) is 0 Å². The molecule has 3 heterocycles. The molecule has 1 unspecified atom stereocenters. The molecule has 0 N–H and O–H groups in total. The molecule has 0 amide bonds. The fraction of sp³-hybridized carbons (Fsp3) is 0.500. The number of hydrogen-bond acceptors (Lipinski definition) is 4. The second-order valence-electron chi connectivity index (χ2n) is 5.79. The summed E-state index contributed by atoms with van der Waals surface area (Å²) in [6.45, 7) is 4.85. The summed E-state index contributed by atoms with van der Waals surface area (Å²) in [6, 6.07) is 9.60. The Kier molecular flexibility index (Phi) is 3.50. The maximum atomic E-state index is 2.72. The van der Waals surface area contributed by atoms with E-state index in [-0.39, 0.29) is 0 Å². The Morgan fingerprint density at radius 3 is 2.75 bits per heavy atom. The highest BCUT2D eigenvalue weighted by atomic mass is 32.2. The fourth-order valence-corrected chi connectivity index (χ4v) is 6.05. The third-order valence-electron chi connectivity index (χ3n) is 4.54. The largest absolute Gasteiger partial charge is 0.304 e. The molecule has 1 atom stereocenters. The first-order valence-electron chi connectivity index (χ1n) is 7.40. The van der Waals surface area contributed by atoms with E-state index in [1.54, 1.807) is 9.77 Å². The van der Waals surface area contributed by atoms with E-state index in [1.807, 2.05) is 11.3 Å². The Hall–Kier alpha value is -0.550. The van der Waals surface area contributed by atoms with Gasteiger partial charge < -0.3 is 4.90 Å². The summed E-state index contributed by atoms with van der Waals surface area (Å²) in [5.74, 6) is 1.27. The highest BCUT2D eigenvalue weighted by Crippen LogP contribution is 2.48. The summed E-state index contributed by atoms with van der Waals surface area (Å²) >= 11 is 4.06. The molecule has 0 bridgehead atoms. The summed E-state index contributed by atoms with van der Waals surface area (Å²) in [6.07, 6.45) is 1.31. The molecule has 2 aromatic rings. The van der Waals surface area contributed by atoms with Crippen molar-refractivity contribution in [2.75, 3.05) is 39.0 Å². The van der Waals surface area contributed by atoms with Crippen molar-refractivity contribution in [1.29, 1.82) is 0 Å². The third-order valence-corrected chi connectivity index (χ3v) is 7.04. The van der Waals surface area contributed by atoms with E-state index in [1.165, 1.54) is 48.4 Å². The highest BCUT2D eigenvalue weighted by molar-refractivity contribution is 8.01. The number of benzene rings is 1. The van der Waals surface area contributed by atoms with Crippen LogP contribution in [0.2, 0.25) is 0 Å². The number of piperazine rings is 1. The van der Waals surface area contributed by atoms with Crippen LogP contribution in [0.25, 0.3) is 10.1 Å². The molecule has 1 saturated heterocycles. The van der Waals surface area contributed by atoms with Gasteiger partial charge in [0.1, 0.15) is 0 Å². The smallest absolute Gasteiger partial charge is 0.0659 e. The molecule has 0 aliphatic carbocycles. The zero-order chi connectivity index (χ0) is 13.5. The van der Waals surface area contributed by atoms with Crippen molar-refractivity contribution >= 4 is 33.2 Å². The number of fused-ring (bicyclic) bond motifs is 3. The topological polar surface area (TPSA) is 6.48 Å². The lowest BCUT2D eigenvalue weighted by molar-refractivity contribution is 0.108. The number of nitrogens with zero attached hydrogens (tertiary/aromatic N) is 2. The Balaban J connectivity index is 1.73. The molecule has 4 rings (SSSR count). The first-order chi connectivity index (χ1) is 9.83. The maximum absolute atomic E-state index is 2.72. The van der Waals surface area contributed by atoms with Crippen molar-refractivity contribution in [3.63, 3.8) is 0 Å². The number of likely N-dealkylation sites (N-methyl/N-ethyl adjacent to an activating group) is 1. The summed E-state index contributed by atoms with van der Waals surface area (Å²) < 4.78 is 3.03. The molecule has 0 radical (unpaired) electrons. The Morgan fingerprint density at radius 2 is 1.90 bits per heavy atom. The second kappa shape index (κ2) is 5.34. The molecule has 1 aromatic heterocycles. The van der Waals surface area contributed by atoms with E-state index in [0.29, 0.717) is 6.04 Å². The molecule has 2 aliphatic heterocycles. The van der Waals surface area contributed by atoms with Crippen LogP contribution in [0.3, 0.4) is 0 Å². The van der Waals surface area contributed by atoms with Crippen LogP contribution in [0, 0.1) is 0 Å².